The number of nitrogens with zero attached hydrogens (tertiary/aromatic N) is 2. The molecule has 1 aliphatic heterocycles. The Bertz CT molecular complexity index is 1360. The van der Waals surface area contributed by atoms with Gasteiger partial charge in [0.05, 0.1) is 15.3 Å². The van der Waals surface area contributed by atoms with Crippen molar-refractivity contribution in [1.29, 1.82) is 5.26 Å². The lowest BCUT2D eigenvalue weighted by Crippen LogP contribution is -2.41. The number of piperidine rings is 1. The summed E-state index contributed by atoms with van der Waals surface area (Å²) < 4.78 is 27.3. The number of hydrogen-bond acceptors (Lipinski definition) is 5. The molecule has 6 nitrogen and oxygen atoms in total. The van der Waals surface area contributed by atoms with E-state index >= 15 is 0 Å². The molecule has 1 saturated heterocycles. The van der Waals surface area contributed by atoms with E-state index in [1.165, 1.54) is 16.4 Å². The molecule has 1 aromatic heterocycles. The first-order valence-corrected chi connectivity index (χ1v) is 12.7. The molecule has 0 spiro atoms. The third-order valence-electron chi connectivity index (χ3n) is 5.43. The number of sulfonamides is 1. The molecule has 0 bridgehead atoms. The van der Waals surface area contributed by atoms with Gasteiger partial charge in [-0.05, 0) is 54.6 Å². The minimum Gasteiger partial charge on any atom is -0.326 e. The molecule has 0 aliphatic carbocycles. The maximum absolute atomic E-state index is 13.0. The van der Waals surface area contributed by atoms with Crippen LogP contribution in [0.2, 0.25) is 0 Å². The molecule has 8 heteroatoms. The molecule has 166 valence electrons. The van der Waals surface area contributed by atoms with Gasteiger partial charge in [-0.1, -0.05) is 36.1 Å². The van der Waals surface area contributed by atoms with Crippen molar-refractivity contribution >= 4 is 33.0 Å². The van der Waals surface area contributed by atoms with Crippen LogP contribution < -0.4 is 5.32 Å². The topological polar surface area (TPSA) is 90.3 Å². The van der Waals surface area contributed by atoms with Gasteiger partial charge in [-0.2, -0.15) is 9.57 Å². The average Bonchev–Trinajstić information content (AvgIpc) is 3.37. The first-order valence-electron chi connectivity index (χ1n) is 10.4. The highest BCUT2D eigenvalue weighted by Gasteiger charge is 2.33. The third kappa shape index (κ3) is 5.32. The minimum absolute atomic E-state index is 0.0101. The van der Waals surface area contributed by atoms with Crippen LogP contribution in [0.5, 0.6) is 0 Å². The third-order valence-corrected chi connectivity index (χ3v) is 8.17. The van der Waals surface area contributed by atoms with Crippen molar-refractivity contribution in [3.05, 3.63) is 82.0 Å². The van der Waals surface area contributed by atoms with E-state index < -0.39 is 10.0 Å². The van der Waals surface area contributed by atoms with Gasteiger partial charge >= 0.3 is 0 Å². The van der Waals surface area contributed by atoms with Crippen molar-refractivity contribution in [2.24, 2.45) is 5.92 Å². The SMILES string of the molecule is N#Cc1ccccc1S(=O)(=O)N1CCC(C(=O)Nc2cccc(C#Cc3cccs3)c2)CC1. The molecule has 1 fully saturated rings. The van der Waals surface area contributed by atoms with Crippen LogP contribution in [0, 0.1) is 29.1 Å². The van der Waals surface area contributed by atoms with Crippen molar-refractivity contribution in [1.82, 2.24) is 4.31 Å². The second-order valence-corrected chi connectivity index (χ2v) is 10.4. The molecule has 0 unspecified atom stereocenters. The molecule has 0 radical (unpaired) electrons. The fraction of sp³-hybridized carbons (Fsp3) is 0.200. The van der Waals surface area contributed by atoms with Crippen molar-refractivity contribution in [3.8, 4) is 17.9 Å². The normalized spacial score (nSPS) is 14.6. The lowest BCUT2D eigenvalue weighted by atomic mass is 9.97. The second-order valence-electron chi connectivity index (χ2n) is 7.58. The number of thiophene rings is 1. The monoisotopic (exact) mass is 475 g/mol. The van der Waals surface area contributed by atoms with E-state index in [1.54, 1.807) is 23.5 Å². The predicted octanol–water partition coefficient (Wildman–Crippen LogP) is 4.06. The maximum Gasteiger partial charge on any atom is 0.244 e. The molecule has 2 aromatic carbocycles. The zero-order chi connectivity index (χ0) is 23.3. The number of carbonyl (C=O) groups is 1. The highest BCUT2D eigenvalue weighted by atomic mass is 32.2. The van der Waals surface area contributed by atoms with E-state index in [4.69, 9.17) is 0 Å². The number of rotatable bonds is 4. The summed E-state index contributed by atoms with van der Waals surface area (Å²) in [5.41, 5.74) is 1.59. The molecule has 2 heterocycles. The predicted molar refractivity (Wildman–Crippen MR) is 128 cm³/mol. The molecule has 0 saturated carbocycles. The van der Waals surface area contributed by atoms with Gasteiger partial charge in [0.25, 0.3) is 0 Å². The van der Waals surface area contributed by atoms with Crippen LogP contribution >= 0.6 is 11.3 Å². The Balaban J connectivity index is 1.38. The van der Waals surface area contributed by atoms with Gasteiger partial charge in [-0.15, -0.1) is 11.3 Å². The van der Waals surface area contributed by atoms with E-state index in [2.05, 4.69) is 17.2 Å². The fourth-order valence-corrected chi connectivity index (χ4v) is 5.87. The number of nitrogens with one attached hydrogen (secondary N) is 1. The summed E-state index contributed by atoms with van der Waals surface area (Å²) in [5, 5.41) is 14.1. The summed E-state index contributed by atoms with van der Waals surface area (Å²) in [6.07, 6.45) is 0.829. The molecular formula is C25H21N3O3S2. The first kappa shape index (κ1) is 22.8. The molecular weight excluding hydrogens is 454 g/mol. The van der Waals surface area contributed by atoms with Gasteiger partial charge in [0.15, 0.2) is 0 Å². The number of nitriles is 1. The van der Waals surface area contributed by atoms with Crippen LogP contribution in [-0.2, 0) is 14.8 Å². The summed E-state index contributed by atoms with van der Waals surface area (Å²) in [5.74, 6) is 5.78. The van der Waals surface area contributed by atoms with E-state index in [0.29, 0.717) is 18.5 Å². The van der Waals surface area contributed by atoms with E-state index in [-0.39, 0.29) is 35.4 Å². The standard InChI is InChI=1S/C25H21N3O3S2/c26-18-21-6-1-2-9-24(21)33(30,31)28-14-12-20(13-15-28)25(29)27-22-7-3-5-19(17-22)10-11-23-8-4-16-32-23/h1-9,16-17,20H,12-15H2,(H,27,29). The molecule has 0 atom stereocenters. The van der Waals surface area contributed by atoms with Gasteiger partial charge in [0.1, 0.15) is 6.07 Å². The molecule has 4 rings (SSSR count). The molecule has 3 aromatic rings. The van der Waals surface area contributed by atoms with Gasteiger partial charge in [-0.25, -0.2) is 8.42 Å². The van der Waals surface area contributed by atoms with Crippen LogP contribution in [0.1, 0.15) is 28.8 Å². The average molecular weight is 476 g/mol. The first-order chi connectivity index (χ1) is 16.0. The summed E-state index contributed by atoms with van der Waals surface area (Å²) in [6, 6.07) is 19.4. The van der Waals surface area contributed by atoms with Crippen LogP contribution in [0.25, 0.3) is 0 Å². The van der Waals surface area contributed by atoms with Crippen LogP contribution in [0.4, 0.5) is 5.69 Å². The number of benzene rings is 2. The number of carbonyl (C=O) groups excluding carboxylic acids is 1. The quantitative estimate of drug-likeness (QED) is 0.576. The van der Waals surface area contributed by atoms with Crippen molar-refractivity contribution in [2.75, 3.05) is 18.4 Å². The fourth-order valence-electron chi connectivity index (χ4n) is 3.68. The Morgan fingerprint density at radius 1 is 1.03 bits per heavy atom. The Kier molecular flexibility index (Phi) is 6.90. The maximum atomic E-state index is 13.0. The number of anilines is 1. The Morgan fingerprint density at radius 2 is 1.82 bits per heavy atom. The summed E-state index contributed by atoms with van der Waals surface area (Å²) in [7, 11) is -3.78. The highest BCUT2D eigenvalue weighted by molar-refractivity contribution is 7.89. The van der Waals surface area contributed by atoms with Gasteiger partial charge in [0.2, 0.25) is 15.9 Å². The lowest BCUT2D eigenvalue weighted by Gasteiger charge is -2.30. The zero-order valence-electron chi connectivity index (χ0n) is 17.7. The highest BCUT2D eigenvalue weighted by Crippen LogP contribution is 2.26. The smallest absolute Gasteiger partial charge is 0.244 e. The Hall–Kier alpha value is -3.43. The molecule has 33 heavy (non-hydrogen) atoms. The minimum atomic E-state index is -3.78. The van der Waals surface area contributed by atoms with Crippen molar-refractivity contribution in [3.63, 3.8) is 0 Å². The number of amides is 1. The van der Waals surface area contributed by atoms with E-state index in [1.807, 2.05) is 47.8 Å². The molecule has 1 amide bonds. The van der Waals surface area contributed by atoms with Gasteiger partial charge in [0, 0.05) is 30.3 Å². The Morgan fingerprint density at radius 3 is 2.55 bits per heavy atom. The lowest BCUT2D eigenvalue weighted by molar-refractivity contribution is -0.120. The summed E-state index contributed by atoms with van der Waals surface area (Å²) >= 11 is 1.57. The molecule has 1 aliphatic rings. The molecule has 1 N–H and O–H groups in total. The van der Waals surface area contributed by atoms with Crippen LogP contribution in [-0.4, -0.2) is 31.7 Å². The summed E-state index contributed by atoms with van der Waals surface area (Å²) in [4.78, 5) is 13.8. The summed E-state index contributed by atoms with van der Waals surface area (Å²) in [6.45, 7) is 0.457. The van der Waals surface area contributed by atoms with Crippen molar-refractivity contribution < 1.29 is 13.2 Å². The van der Waals surface area contributed by atoms with Gasteiger partial charge in [-0.3, -0.25) is 4.79 Å². The second kappa shape index (κ2) is 10.0. The van der Waals surface area contributed by atoms with E-state index in [0.717, 1.165) is 10.4 Å². The van der Waals surface area contributed by atoms with Crippen LogP contribution in [0.3, 0.4) is 0 Å². The van der Waals surface area contributed by atoms with E-state index in [9.17, 15) is 18.5 Å². The number of hydrogen-bond donors (Lipinski definition) is 1. The van der Waals surface area contributed by atoms with Crippen molar-refractivity contribution in [2.45, 2.75) is 17.7 Å². The zero-order valence-corrected chi connectivity index (χ0v) is 19.3. The van der Waals surface area contributed by atoms with Gasteiger partial charge < -0.3 is 5.32 Å². The van der Waals surface area contributed by atoms with Crippen LogP contribution in [0.15, 0.2) is 70.9 Å². The largest absolute Gasteiger partial charge is 0.326 e. The Labute approximate surface area is 197 Å².